The number of benzene rings is 1. The molecule has 140 valence electrons. The van der Waals surface area contributed by atoms with Gasteiger partial charge in [-0.25, -0.2) is 22.9 Å². The number of rotatable bonds is 6. The van der Waals surface area contributed by atoms with Gasteiger partial charge < -0.3 is 10.4 Å². The lowest BCUT2D eigenvalue weighted by molar-refractivity contribution is 0.0691. The van der Waals surface area contributed by atoms with Gasteiger partial charge in [0.25, 0.3) is 5.91 Å². The van der Waals surface area contributed by atoms with E-state index in [-0.39, 0.29) is 22.7 Å². The van der Waals surface area contributed by atoms with E-state index >= 15 is 0 Å². The van der Waals surface area contributed by atoms with E-state index in [1.165, 1.54) is 29.6 Å². The van der Waals surface area contributed by atoms with Crippen molar-refractivity contribution in [2.45, 2.75) is 37.8 Å². The van der Waals surface area contributed by atoms with Gasteiger partial charge in [-0.3, -0.25) is 4.79 Å². The second-order valence-corrected chi connectivity index (χ2v) is 9.12. The zero-order valence-electron chi connectivity index (χ0n) is 14.4. The van der Waals surface area contributed by atoms with Crippen LogP contribution in [0.4, 0.5) is 0 Å². The summed E-state index contributed by atoms with van der Waals surface area (Å²) in [7, 11) is -3.67. The molecule has 2 aromatic rings. The first-order valence-electron chi connectivity index (χ1n) is 7.58. The van der Waals surface area contributed by atoms with Gasteiger partial charge in [0.05, 0.1) is 11.4 Å². The summed E-state index contributed by atoms with van der Waals surface area (Å²) in [6.07, 6.45) is 0. The fraction of sp³-hybridized carbons (Fsp3) is 0.312. The summed E-state index contributed by atoms with van der Waals surface area (Å²) in [5, 5.41) is 13.3. The molecule has 0 fully saturated rings. The van der Waals surface area contributed by atoms with Crippen molar-refractivity contribution in [3.8, 4) is 0 Å². The average molecular weight is 397 g/mol. The van der Waals surface area contributed by atoms with Crippen LogP contribution in [0.5, 0.6) is 0 Å². The number of sulfonamides is 1. The Balaban J connectivity index is 2.03. The highest BCUT2D eigenvalue weighted by atomic mass is 32.2. The Hall–Kier alpha value is -2.30. The van der Waals surface area contributed by atoms with Crippen LogP contribution in [0.15, 0.2) is 34.5 Å². The summed E-state index contributed by atoms with van der Waals surface area (Å²) >= 11 is 1.13. The van der Waals surface area contributed by atoms with Crippen LogP contribution in [0.3, 0.4) is 0 Å². The Morgan fingerprint density at radius 2 is 1.81 bits per heavy atom. The van der Waals surface area contributed by atoms with Crippen LogP contribution in [0.25, 0.3) is 0 Å². The van der Waals surface area contributed by atoms with Gasteiger partial charge in [-0.2, -0.15) is 0 Å². The normalized spacial score (nSPS) is 12.0. The first kappa shape index (κ1) is 20.0. The molecule has 0 unspecified atom stereocenters. The molecule has 0 radical (unpaired) electrons. The van der Waals surface area contributed by atoms with E-state index in [0.717, 1.165) is 11.3 Å². The average Bonchev–Trinajstić information content (AvgIpc) is 3.00. The van der Waals surface area contributed by atoms with Crippen molar-refractivity contribution < 1.29 is 23.1 Å². The molecule has 0 atom stereocenters. The lowest BCUT2D eigenvalue weighted by Gasteiger charge is -2.20. The standard InChI is InChI=1S/C16H19N3O5S2/c1-16(2,3)19-26(23,24)11-6-4-10(5-7-11)14(20)17-8-13-18-12(9-25-13)15(21)22/h4-7,9,19H,8H2,1-3H3,(H,17,20)(H,21,22). The SMILES string of the molecule is CC(C)(C)NS(=O)(=O)c1ccc(C(=O)NCc2nc(C(=O)O)cs2)cc1. The smallest absolute Gasteiger partial charge is 0.355 e. The van der Waals surface area contributed by atoms with Crippen molar-refractivity contribution in [3.63, 3.8) is 0 Å². The van der Waals surface area contributed by atoms with Gasteiger partial charge in [-0.1, -0.05) is 0 Å². The van der Waals surface area contributed by atoms with Crippen molar-refractivity contribution in [2.24, 2.45) is 0 Å². The molecule has 2 rings (SSSR count). The Kier molecular flexibility index (Phi) is 5.79. The molecule has 1 aromatic carbocycles. The van der Waals surface area contributed by atoms with Crippen molar-refractivity contribution >= 4 is 33.2 Å². The van der Waals surface area contributed by atoms with Crippen LogP contribution >= 0.6 is 11.3 Å². The molecule has 1 heterocycles. The molecule has 0 aliphatic carbocycles. The molecular weight excluding hydrogens is 378 g/mol. The maximum atomic E-state index is 12.2. The van der Waals surface area contributed by atoms with Gasteiger partial charge >= 0.3 is 5.97 Å². The van der Waals surface area contributed by atoms with Crippen molar-refractivity contribution in [3.05, 3.63) is 45.9 Å². The van der Waals surface area contributed by atoms with Crippen LogP contribution in [-0.4, -0.2) is 35.9 Å². The van der Waals surface area contributed by atoms with E-state index in [1.807, 2.05) is 0 Å². The summed E-state index contributed by atoms with van der Waals surface area (Å²) in [5.74, 6) is -1.54. The van der Waals surface area contributed by atoms with Gasteiger partial charge in [-0.05, 0) is 45.0 Å². The molecule has 0 aliphatic rings. The molecule has 0 spiro atoms. The number of thiazole rings is 1. The van der Waals surface area contributed by atoms with Crippen molar-refractivity contribution in [2.75, 3.05) is 0 Å². The first-order chi connectivity index (χ1) is 12.0. The summed E-state index contributed by atoms with van der Waals surface area (Å²) in [6, 6.07) is 5.54. The Morgan fingerprint density at radius 1 is 1.19 bits per heavy atom. The number of carboxylic acids is 1. The number of nitrogens with zero attached hydrogens (tertiary/aromatic N) is 1. The number of carbonyl (C=O) groups excluding carboxylic acids is 1. The highest BCUT2D eigenvalue weighted by molar-refractivity contribution is 7.89. The monoisotopic (exact) mass is 397 g/mol. The maximum Gasteiger partial charge on any atom is 0.355 e. The number of aromatic carboxylic acids is 1. The number of carbonyl (C=O) groups is 2. The molecule has 8 nitrogen and oxygen atoms in total. The lowest BCUT2D eigenvalue weighted by Crippen LogP contribution is -2.40. The van der Waals surface area contributed by atoms with Gasteiger partial charge in [0.15, 0.2) is 5.69 Å². The zero-order valence-corrected chi connectivity index (χ0v) is 16.1. The fourth-order valence-electron chi connectivity index (χ4n) is 2.00. The Bertz CT molecular complexity index is 912. The molecule has 0 aliphatic heterocycles. The third-order valence-electron chi connectivity index (χ3n) is 3.04. The molecule has 0 bridgehead atoms. The van der Waals surface area contributed by atoms with E-state index in [0.29, 0.717) is 5.01 Å². The third-order valence-corrected chi connectivity index (χ3v) is 5.66. The predicted molar refractivity (Wildman–Crippen MR) is 96.8 cm³/mol. The summed E-state index contributed by atoms with van der Waals surface area (Å²) in [5.41, 5.74) is -0.396. The second kappa shape index (κ2) is 7.52. The molecule has 0 saturated carbocycles. The predicted octanol–water partition coefficient (Wildman–Crippen LogP) is 1.85. The largest absolute Gasteiger partial charge is 0.476 e. The van der Waals surface area contributed by atoms with Gasteiger partial charge in [0.1, 0.15) is 5.01 Å². The summed E-state index contributed by atoms with van der Waals surface area (Å²) in [6.45, 7) is 5.30. The molecule has 1 amide bonds. The summed E-state index contributed by atoms with van der Waals surface area (Å²) in [4.78, 5) is 26.8. The van der Waals surface area contributed by atoms with Gasteiger partial charge in [-0.15, -0.1) is 11.3 Å². The van der Waals surface area contributed by atoms with Crippen LogP contribution in [0.1, 0.15) is 46.6 Å². The van der Waals surface area contributed by atoms with Gasteiger partial charge in [0.2, 0.25) is 10.0 Å². The second-order valence-electron chi connectivity index (χ2n) is 6.49. The summed E-state index contributed by atoms with van der Waals surface area (Å²) < 4.78 is 27.0. The first-order valence-corrected chi connectivity index (χ1v) is 9.94. The van der Waals surface area contributed by atoms with Crippen LogP contribution in [0.2, 0.25) is 0 Å². The molecule has 26 heavy (non-hydrogen) atoms. The van der Waals surface area contributed by atoms with Gasteiger partial charge in [0, 0.05) is 16.5 Å². The molecule has 1 aromatic heterocycles. The van der Waals surface area contributed by atoms with E-state index in [9.17, 15) is 18.0 Å². The topological polar surface area (TPSA) is 125 Å². The number of hydrogen-bond donors (Lipinski definition) is 3. The number of aromatic nitrogens is 1. The molecule has 3 N–H and O–H groups in total. The third kappa shape index (κ3) is 5.35. The highest BCUT2D eigenvalue weighted by Crippen LogP contribution is 2.14. The molecule has 10 heteroatoms. The number of amides is 1. The van der Waals surface area contributed by atoms with Crippen LogP contribution < -0.4 is 10.0 Å². The van der Waals surface area contributed by atoms with Crippen molar-refractivity contribution in [1.82, 2.24) is 15.0 Å². The van der Waals surface area contributed by atoms with Crippen LogP contribution in [-0.2, 0) is 16.6 Å². The molecule has 0 saturated heterocycles. The minimum absolute atomic E-state index is 0.0648. The van der Waals surface area contributed by atoms with E-state index in [1.54, 1.807) is 20.8 Å². The van der Waals surface area contributed by atoms with E-state index < -0.39 is 27.4 Å². The lowest BCUT2D eigenvalue weighted by atomic mass is 10.1. The quantitative estimate of drug-likeness (QED) is 0.683. The Labute approximate surface area is 155 Å². The number of hydrogen-bond acceptors (Lipinski definition) is 6. The highest BCUT2D eigenvalue weighted by Gasteiger charge is 2.22. The zero-order chi connectivity index (χ0) is 19.5. The van der Waals surface area contributed by atoms with E-state index in [2.05, 4.69) is 15.0 Å². The molecular formula is C16H19N3O5S2. The van der Waals surface area contributed by atoms with Crippen molar-refractivity contribution in [1.29, 1.82) is 0 Å². The van der Waals surface area contributed by atoms with Crippen LogP contribution in [0, 0.1) is 0 Å². The maximum absolute atomic E-state index is 12.2. The minimum Gasteiger partial charge on any atom is -0.476 e. The number of carboxylic acid groups (broad SMARTS) is 1. The fourth-order valence-corrected chi connectivity index (χ4v) is 4.12. The number of nitrogens with one attached hydrogen (secondary N) is 2. The minimum atomic E-state index is -3.67. The Morgan fingerprint density at radius 3 is 2.31 bits per heavy atom. The van der Waals surface area contributed by atoms with E-state index in [4.69, 9.17) is 5.11 Å².